The Balaban J connectivity index is 2.39. The molecule has 0 saturated carbocycles. The molecule has 2 aromatic rings. The summed E-state index contributed by atoms with van der Waals surface area (Å²) >= 11 is 12.1. The maximum Gasteiger partial charge on any atom is 0.244 e. The van der Waals surface area contributed by atoms with Crippen LogP contribution < -0.4 is 14.4 Å². The van der Waals surface area contributed by atoms with Gasteiger partial charge < -0.3 is 15.0 Å². The quantitative estimate of drug-likeness (QED) is 0.462. The van der Waals surface area contributed by atoms with E-state index in [0.29, 0.717) is 12.3 Å². The van der Waals surface area contributed by atoms with Crippen LogP contribution in [0.15, 0.2) is 42.5 Å². The molecule has 1 N–H and O–H groups in total. The molecular weight excluding hydrogens is 513 g/mol. The summed E-state index contributed by atoms with van der Waals surface area (Å²) in [5.41, 5.74) is 0.902. The number of anilines is 1. The highest BCUT2D eigenvalue weighted by Gasteiger charge is 2.30. The summed E-state index contributed by atoms with van der Waals surface area (Å²) in [6.07, 6.45) is 0.988. The molecule has 0 aliphatic rings. The molecule has 0 bridgehead atoms. The number of rotatable bonds is 11. The molecule has 2 rings (SSSR count). The van der Waals surface area contributed by atoms with Crippen LogP contribution in [-0.4, -0.2) is 57.6 Å². The molecule has 0 radical (unpaired) electrons. The maximum absolute atomic E-state index is 13.5. The number of methoxy groups -OCH3 is 1. The standard InChI is InChI=1S/C24H31Cl2N3O5S/c1-16(2)13-27-24(31)17(3)28(14-18-6-8-22(34-4)9-7-18)23(30)15-29(35(5,32)33)21-11-19(25)10-20(26)12-21/h6-12,16-17H,13-15H2,1-5H3,(H,27,31)/t17-/m0/s1. The minimum atomic E-state index is -3.88. The molecule has 192 valence electrons. The van der Waals surface area contributed by atoms with Crippen molar-refractivity contribution in [1.29, 1.82) is 0 Å². The van der Waals surface area contributed by atoms with Gasteiger partial charge in [-0.2, -0.15) is 0 Å². The molecule has 1 atom stereocenters. The van der Waals surface area contributed by atoms with Crippen molar-refractivity contribution in [2.24, 2.45) is 5.92 Å². The lowest BCUT2D eigenvalue weighted by molar-refractivity contribution is -0.139. The van der Waals surface area contributed by atoms with Crippen LogP contribution in [0.25, 0.3) is 0 Å². The van der Waals surface area contributed by atoms with Gasteiger partial charge in [0.25, 0.3) is 0 Å². The highest BCUT2D eigenvalue weighted by Crippen LogP contribution is 2.27. The van der Waals surface area contributed by atoms with Crippen LogP contribution in [0.4, 0.5) is 5.69 Å². The number of nitrogens with one attached hydrogen (secondary N) is 1. The molecular formula is C24H31Cl2N3O5S. The molecule has 0 heterocycles. The van der Waals surface area contributed by atoms with E-state index in [1.807, 2.05) is 13.8 Å². The van der Waals surface area contributed by atoms with E-state index in [4.69, 9.17) is 27.9 Å². The van der Waals surface area contributed by atoms with Crippen molar-refractivity contribution < 1.29 is 22.7 Å². The Kier molecular flexibility index (Phi) is 10.2. The van der Waals surface area contributed by atoms with Crippen LogP contribution in [0.3, 0.4) is 0 Å². The van der Waals surface area contributed by atoms with Gasteiger partial charge in [-0.05, 0) is 48.7 Å². The van der Waals surface area contributed by atoms with Crippen LogP contribution in [-0.2, 0) is 26.2 Å². The molecule has 0 aliphatic heterocycles. The Bertz CT molecular complexity index is 1120. The second-order valence-electron chi connectivity index (χ2n) is 8.58. The number of hydrogen-bond acceptors (Lipinski definition) is 5. The van der Waals surface area contributed by atoms with Crippen molar-refractivity contribution in [3.8, 4) is 5.75 Å². The fourth-order valence-corrected chi connectivity index (χ4v) is 4.61. The SMILES string of the molecule is COc1ccc(CN(C(=O)CN(c2cc(Cl)cc(Cl)c2)S(C)(=O)=O)[C@@H](C)C(=O)NCC(C)C)cc1. The number of sulfonamides is 1. The lowest BCUT2D eigenvalue weighted by Crippen LogP contribution is -2.51. The predicted molar refractivity (Wildman–Crippen MR) is 140 cm³/mol. The van der Waals surface area contributed by atoms with Crippen molar-refractivity contribution in [2.75, 3.05) is 30.8 Å². The largest absolute Gasteiger partial charge is 0.497 e. The van der Waals surface area contributed by atoms with Crippen LogP contribution in [0.1, 0.15) is 26.3 Å². The van der Waals surface area contributed by atoms with Gasteiger partial charge in [0.1, 0.15) is 18.3 Å². The zero-order valence-electron chi connectivity index (χ0n) is 20.4. The zero-order chi connectivity index (χ0) is 26.3. The highest BCUT2D eigenvalue weighted by atomic mass is 35.5. The maximum atomic E-state index is 13.5. The Hall–Kier alpha value is -2.49. The molecule has 0 saturated heterocycles. The van der Waals surface area contributed by atoms with Crippen molar-refractivity contribution in [3.63, 3.8) is 0 Å². The first-order valence-corrected chi connectivity index (χ1v) is 13.6. The van der Waals surface area contributed by atoms with Crippen LogP contribution in [0, 0.1) is 5.92 Å². The molecule has 2 amide bonds. The third-order valence-corrected chi connectivity index (χ3v) is 6.76. The Morgan fingerprint density at radius 1 is 1.03 bits per heavy atom. The number of halogens is 2. The normalized spacial score (nSPS) is 12.2. The number of carbonyl (C=O) groups is 2. The molecule has 0 fully saturated rings. The van der Waals surface area contributed by atoms with Gasteiger partial charge in [0, 0.05) is 23.1 Å². The van der Waals surface area contributed by atoms with E-state index in [1.54, 1.807) is 38.3 Å². The second-order valence-corrected chi connectivity index (χ2v) is 11.4. The van der Waals surface area contributed by atoms with E-state index in [-0.39, 0.29) is 34.1 Å². The number of nitrogens with zero attached hydrogens (tertiary/aromatic N) is 2. The van der Waals surface area contributed by atoms with Gasteiger partial charge in [-0.15, -0.1) is 0 Å². The van der Waals surface area contributed by atoms with Crippen LogP contribution in [0.5, 0.6) is 5.75 Å². The summed E-state index contributed by atoms with van der Waals surface area (Å²) in [4.78, 5) is 27.7. The summed E-state index contributed by atoms with van der Waals surface area (Å²) in [5, 5.41) is 3.29. The Labute approximate surface area is 217 Å². The van der Waals surface area contributed by atoms with E-state index in [1.165, 1.54) is 23.1 Å². The third-order valence-electron chi connectivity index (χ3n) is 5.18. The smallest absolute Gasteiger partial charge is 0.244 e. The molecule has 0 aliphatic carbocycles. The van der Waals surface area contributed by atoms with Crippen LogP contribution >= 0.6 is 23.2 Å². The molecule has 8 nitrogen and oxygen atoms in total. The lowest BCUT2D eigenvalue weighted by Gasteiger charge is -2.31. The molecule has 0 spiro atoms. The molecule has 11 heteroatoms. The fourth-order valence-electron chi connectivity index (χ4n) is 3.26. The number of amides is 2. The van der Waals surface area contributed by atoms with Gasteiger partial charge in [0.15, 0.2) is 0 Å². The summed E-state index contributed by atoms with van der Waals surface area (Å²) < 4.78 is 31.3. The average Bonchev–Trinajstić information content (AvgIpc) is 2.77. The second kappa shape index (κ2) is 12.5. The van der Waals surface area contributed by atoms with Crippen molar-refractivity contribution >= 4 is 50.7 Å². The van der Waals surface area contributed by atoms with E-state index in [9.17, 15) is 18.0 Å². The molecule has 2 aromatic carbocycles. The molecule has 0 aromatic heterocycles. The Morgan fingerprint density at radius 3 is 2.09 bits per heavy atom. The first kappa shape index (κ1) is 28.7. The van der Waals surface area contributed by atoms with E-state index < -0.39 is 28.5 Å². The van der Waals surface area contributed by atoms with Gasteiger partial charge in [0.05, 0.1) is 19.1 Å². The predicted octanol–water partition coefficient (Wildman–Crippen LogP) is 3.96. The fraction of sp³-hybridized carbons (Fsp3) is 0.417. The summed E-state index contributed by atoms with van der Waals surface area (Å²) in [7, 11) is -2.33. The zero-order valence-corrected chi connectivity index (χ0v) is 22.7. The lowest BCUT2D eigenvalue weighted by atomic mass is 10.1. The molecule has 0 unspecified atom stereocenters. The van der Waals surface area contributed by atoms with Gasteiger partial charge in [-0.25, -0.2) is 8.42 Å². The van der Waals surface area contributed by atoms with E-state index in [2.05, 4.69) is 5.32 Å². The minimum absolute atomic E-state index is 0.0903. The van der Waals surface area contributed by atoms with E-state index >= 15 is 0 Å². The first-order chi connectivity index (χ1) is 16.3. The summed E-state index contributed by atoms with van der Waals surface area (Å²) in [6, 6.07) is 10.5. The Morgan fingerprint density at radius 2 is 1.60 bits per heavy atom. The van der Waals surface area contributed by atoms with E-state index in [0.717, 1.165) is 16.1 Å². The third kappa shape index (κ3) is 8.59. The molecule has 35 heavy (non-hydrogen) atoms. The summed E-state index contributed by atoms with van der Waals surface area (Å²) in [6.45, 7) is 5.54. The number of hydrogen-bond donors (Lipinski definition) is 1. The van der Waals surface area contributed by atoms with Crippen molar-refractivity contribution in [2.45, 2.75) is 33.4 Å². The van der Waals surface area contributed by atoms with Gasteiger partial charge in [0.2, 0.25) is 21.8 Å². The number of carbonyl (C=O) groups excluding carboxylic acids is 2. The summed E-state index contributed by atoms with van der Waals surface area (Å²) in [5.74, 6) is -0.0209. The first-order valence-electron chi connectivity index (χ1n) is 11.0. The minimum Gasteiger partial charge on any atom is -0.497 e. The van der Waals surface area contributed by atoms with Gasteiger partial charge >= 0.3 is 0 Å². The van der Waals surface area contributed by atoms with Gasteiger partial charge in [-0.1, -0.05) is 49.2 Å². The number of benzene rings is 2. The monoisotopic (exact) mass is 543 g/mol. The van der Waals surface area contributed by atoms with Gasteiger partial charge in [-0.3, -0.25) is 13.9 Å². The topological polar surface area (TPSA) is 96.0 Å². The number of ether oxygens (including phenoxy) is 1. The van der Waals surface area contributed by atoms with Crippen molar-refractivity contribution in [3.05, 3.63) is 58.1 Å². The average molecular weight is 545 g/mol. The van der Waals surface area contributed by atoms with Crippen molar-refractivity contribution in [1.82, 2.24) is 10.2 Å². The van der Waals surface area contributed by atoms with Crippen LogP contribution in [0.2, 0.25) is 10.0 Å². The highest BCUT2D eigenvalue weighted by molar-refractivity contribution is 7.92.